The number of hydrogen-bond donors (Lipinski definition) is 1. The molecule has 1 aliphatic rings. The minimum absolute atomic E-state index is 0.161. The fourth-order valence-electron chi connectivity index (χ4n) is 4.11. The Morgan fingerprint density at radius 2 is 1.94 bits per heavy atom. The van der Waals surface area contributed by atoms with Gasteiger partial charge in [0.15, 0.2) is 5.13 Å². The second-order valence-electron chi connectivity index (χ2n) is 8.05. The molecule has 1 N–H and O–H groups in total. The summed E-state index contributed by atoms with van der Waals surface area (Å²) in [6.07, 6.45) is 2.83. The van der Waals surface area contributed by atoms with Crippen LogP contribution >= 0.6 is 11.3 Å². The van der Waals surface area contributed by atoms with Crippen molar-refractivity contribution in [3.05, 3.63) is 64.4 Å². The zero-order chi connectivity index (χ0) is 21.8. The quantitative estimate of drug-likeness (QED) is 0.606. The monoisotopic (exact) mass is 439 g/mol. The van der Waals surface area contributed by atoms with Gasteiger partial charge in [-0.15, -0.1) is 11.3 Å². The fourth-order valence-corrected chi connectivity index (χ4v) is 4.81. The van der Waals surface area contributed by atoms with Crippen molar-refractivity contribution in [1.29, 1.82) is 0 Å². The molecule has 2 aromatic heterocycles. The molecule has 0 bridgehead atoms. The Bertz CT molecular complexity index is 1010. The Hall–Kier alpha value is -2.55. The summed E-state index contributed by atoms with van der Waals surface area (Å²) in [6.45, 7) is 9.43. The number of benzene rings is 1. The molecule has 0 saturated carbocycles. The van der Waals surface area contributed by atoms with Crippen molar-refractivity contribution < 1.29 is 9.53 Å². The van der Waals surface area contributed by atoms with Crippen molar-refractivity contribution in [2.24, 2.45) is 0 Å². The van der Waals surface area contributed by atoms with Gasteiger partial charge in [0.1, 0.15) is 0 Å². The third-order valence-corrected chi connectivity index (χ3v) is 6.16. The lowest BCUT2D eigenvalue weighted by Crippen LogP contribution is -2.44. The minimum Gasteiger partial charge on any atom is -0.373 e. The van der Waals surface area contributed by atoms with Gasteiger partial charge in [-0.1, -0.05) is 37.3 Å². The molecule has 8 heteroatoms. The number of nitrogens with one attached hydrogen (secondary N) is 1. The van der Waals surface area contributed by atoms with Gasteiger partial charge in [-0.2, -0.15) is 5.10 Å². The minimum atomic E-state index is -0.161. The van der Waals surface area contributed by atoms with E-state index < -0.39 is 0 Å². The Morgan fingerprint density at radius 1 is 1.19 bits per heavy atom. The van der Waals surface area contributed by atoms with Crippen LogP contribution in [0, 0.1) is 0 Å². The topological polar surface area (TPSA) is 72.3 Å². The summed E-state index contributed by atoms with van der Waals surface area (Å²) in [5.74, 6) is -0.161. The van der Waals surface area contributed by atoms with Gasteiger partial charge in [0.2, 0.25) is 0 Å². The Kier molecular flexibility index (Phi) is 6.80. The molecule has 0 radical (unpaired) electrons. The number of carbonyl (C=O) groups is 1. The van der Waals surface area contributed by atoms with Crippen LogP contribution in [-0.2, 0) is 24.2 Å². The van der Waals surface area contributed by atoms with E-state index >= 15 is 0 Å². The van der Waals surface area contributed by atoms with Gasteiger partial charge >= 0.3 is 0 Å². The molecular weight excluding hydrogens is 410 g/mol. The van der Waals surface area contributed by atoms with Crippen molar-refractivity contribution in [1.82, 2.24) is 19.7 Å². The van der Waals surface area contributed by atoms with Crippen LogP contribution in [0.1, 0.15) is 48.1 Å². The highest BCUT2D eigenvalue weighted by molar-refractivity contribution is 7.14. The van der Waals surface area contributed by atoms with E-state index in [1.165, 1.54) is 11.3 Å². The first-order valence-corrected chi connectivity index (χ1v) is 11.6. The summed E-state index contributed by atoms with van der Waals surface area (Å²) in [4.78, 5) is 19.9. The van der Waals surface area contributed by atoms with Gasteiger partial charge < -0.3 is 4.74 Å². The molecule has 0 spiro atoms. The summed E-state index contributed by atoms with van der Waals surface area (Å²) >= 11 is 1.46. The normalized spacial score (nSPS) is 19.5. The fraction of sp³-hybridized carbons (Fsp3) is 0.435. The molecule has 1 fully saturated rings. The van der Waals surface area contributed by atoms with Crippen molar-refractivity contribution in [2.45, 2.75) is 52.5 Å². The smallest absolute Gasteiger partial charge is 0.260 e. The summed E-state index contributed by atoms with van der Waals surface area (Å²) in [5.41, 5.74) is 3.65. The highest BCUT2D eigenvalue weighted by Crippen LogP contribution is 2.21. The van der Waals surface area contributed by atoms with E-state index in [0.29, 0.717) is 17.2 Å². The molecule has 2 unspecified atom stereocenters. The third kappa shape index (κ3) is 5.39. The Morgan fingerprint density at radius 3 is 2.65 bits per heavy atom. The second kappa shape index (κ2) is 9.72. The number of nitrogens with zero attached hydrogens (tertiary/aromatic N) is 4. The number of carbonyl (C=O) groups excluding carboxylic acids is 1. The molecule has 1 amide bonds. The molecule has 1 aliphatic heterocycles. The van der Waals surface area contributed by atoms with E-state index in [0.717, 1.165) is 43.0 Å². The zero-order valence-electron chi connectivity index (χ0n) is 18.2. The molecule has 1 aromatic carbocycles. The molecule has 2 atom stereocenters. The number of aromatic nitrogens is 3. The van der Waals surface area contributed by atoms with Gasteiger partial charge in [-0.05, 0) is 25.8 Å². The lowest BCUT2D eigenvalue weighted by atomic mass is 10.2. The van der Waals surface area contributed by atoms with Gasteiger partial charge in [0, 0.05) is 25.0 Å². The average molecular weight is 440 g/mol. The molecule has 31 heavy (non-hydrogen) atoms. The van der Waals surface area contributed by atoms with E-state index in [-0.39, 0.29) is 18.1 Å². The van der Waals surface area contributed by atoms with Crippen LogP contribution in [0.5, 0.6) is 0 Å². The second-order valence-corrected chi connectivity index (χ2v) is 8.91. The first kappa shape index (κ1) is 21.7. The highest BCUT2D eigenvalue weighted by Gasteiger charge is 2.23. The maximum atomic E-state index is 12.9. The molecule has 164 valence electrons. The molecular formula is C23H29N5O2S. The average Bonchev–Trinajstić information content (AvgIpc) is 3.34. The zero-order valence-corrected chi connectivity index (χ0v) is 19.1. The molecule has 0 aliphatic carbocycles. The van der Waals surface area contributed by atoms with Crippen LogP contribution in [0.25, 0.3) is 0 Å². The van der Waals surface area contributed by atoms with Gasteiger partial charge in [-0.25, -0.2) is 4.98 Å². The first-order valence-electron chi connectivity index (χ1n) is 10.7. The van der Waals surface area contributed by atoms with Gasteiger partial charge in [0.25, 0.3) is 5.91 Å². The predicted octanol–water partition coefficient (Wildman–Crippen LogP) is 3.81. The van der Waals surface area contributed by atoms with Crippen molar-refractivity contribution in [3.63, 3.8) is 0 Å². The number of thiazole rings is 1. The molecule has 3 heterocycles. The van der Waals surface area contributed by atoms with E-state index in [9.17, 15) is 4.79 Å². The van der Waals surface area contributed by atoms with Crippen molar-refractivity contribution >= 4 is 22.4 Å². The maximum Gasteiger partial charge on any atom is 0.260 e. The number of ether oxygens (including phenoxy) is 1. The number of hydrogen-bond acceptors (Lipinski definition) is 6. The van der Waals surface area contributed by atoms with Crippen LogP contribution < -0.4 is 5.32 Å². The largest absolute Gasteiger partial charge is 0.373 e. The third-order valence-electron chi connectivity index (χ3n) is 5.36. The van der Waals surface area contributed by atoms with E-state index in [4.69, 9.17) is 4.74 Å². The van der Waals surface area contributed by atoms with Crippen LogP contribution in [0.3, 0.4) is 0 Å². The predicted molar refractivity (Wildman–Crippen MR) is 123 cm³/mol. The van der Waals surface area contributed by atoms with Crippen molar-refractivity contribution in [2.75, 3.05) is 18.4 Å². The number of anilines is 1. The summed E-state index contributed by atoms with van der Waals surface area (Å²) in [7, 11) is 0. The van der Waals surface area contributed by atoms with E-state index in [2.05, 4.69) is 46.3 Å². The Balaban J connectivity index is 1.41. The molecule has 4 rings (SSSR count). The SMILES string of the molecule is CCc1c(C(=O)Nc2nc(CN3CC(C)OC(C)C3)cs2)cnn1Cc1ccccc1. The molecule has 3 aromatic rings. The van der Waals surface area contributed by atoms with E-state index in [1.807, 2.05) is 35.2 Å². The Labute approximate surface area is 187 Å². The van der Waals surface area contributed by atoms with Crippen LogP contribution in [0.4, 0.5) is 5.13 Å². The van der Waals surface area contributed by atoms with Crippen LogP contribution in [-0.4, -0.2) is 50.9 Å². The lowest BCUT2D eigenvalue weighted by molar-refractivity contribution is -0.0707. The molecule has 7 nitrogen and oxygen atoms in total. The van der Waals surface area contributed by atoms with Gasteiger partial charge in [0.05, 0.1) is 41.9 Å². The highest BCUT2D eigenvalue weighted by atomic mass is 32.1. The van der Waals surface area contributed by atoms with Gasteiger partial charge in [-0.3, -0.25) is 19.7 Å². The standard InChI is InChI=1S/C23H29N5O2S/c1-4-21-20(10-24-28(21)13-18-8-6-5-7-9-18)22(29)26-23-25-19(15-31-23)14-27-11-16(2)30-17(3)12-27/h5-10,15-17H,4,11-14H2,1-3H3,(H,25,26,29). The van der Waals surface area contributed by atoms with E-state index in [1.54, 1.807) is 6.20 Å². The summed E-state index contributed by atoms with van der Waals surface area (Å²) in [5, 5.41) is 10.1. The van der Waals surface area contributed by atoms with Crippen LogP contribution in [0.15, 0.2) is 41.9 Å². The molecule has 1 saturated heterocycles. The van der Waals surface area contributed by atoms with Crippen molar-refractivity contribution in [3.8, 4) is 0 Å². The summed E-state index contributed by atoms with van der Waals surface area (Å²) in [6, 6.07) is 10.1. The first-order chi connectivity index (χ1) is 15.0. The summed E-state index contributed by atoms with van der Waals surface area (Å²) < 4.78 is 7.70. The number of amides is 1. The van der Waals surface area contributed by atoms with Crippen LogP contribution in [0.2, 0.25) is 0 Å². The number of rotatable bonds is 7. The lowest BCUT2D eigenvalue weighted by Gasteiger charge is -2.34. The maximum absolute atomic E-state index is 12.9. The number of morpholine rings is 1.